The van der Waals surface area contributed by atoms with E-state index in [0.717, 1.165) is 23.5 Å². The average Bonchev–Trinajstić information content (AvgIpc) is 3.08. The van der Waals surface area contributed by atoms with Gasteiger partial charge in [0.2, 0.25) is 5.88 Å². The van der Waals surface area contributed by atoms with Gasteiger partial charge in [0.05, 0.1) is 5.69 Å². The number of hydrogen-bond donors (Lipinski definition) is 1. The third kappa shape index (κ3) is 4.98. The van der Waals surface area contributed by atoms with Gasteiger partial charge in [-0.15, -0.1) is 0 Å². The molecule has 2 heterocycles. The van der Waals surface area contributed by atoms with E-state index >= 15 is 0 Å². The highest BCUT2D eigenvalue weighted by Gasteiger charge is 2.20. The van der Waals surface area contributed by atoms with Crippen molar-refractivity contribution in [1.82, 2.24) is 19.7 Å². The Labute approximate surface area is 188 Å². The fourth-order valence-electron chi connectivity index (χ4n) is 3.15. The molecule has 0 spiro atoms. The maximum Gasteiger partial charge on any atom is 0.264 e. The quantitative estimate of drug-likeness (QED) is 0.446. The van der Waals surface area contributed by atoms with Gasteiger partial charge in [-0.2, -0.15) is 10.1 Å². The molecule has 170 valence electrons. The van der Waals surface area contributed by atoms with Crippen LogP contribution in [0.3, 0.4) is 0 Å². The van der Waals surface area contributed by atoms with Crippen LogP contribution in [0.15, 0.2) is 59.5 Å². The number of ether oxygens (including phenoxy) is 1. The minimum atomic E-state index is -4.32. The average molecular weight is 471 g/mol. The molecule has 0 radical (unpaired) electrons. The largest absolute Gasteiger partial charge is 0.439 e. The lowest BCUT2D eigenvalue weighted by atomic mass is 10.3. The molecule has 4 rings (SSSR count). The highest BCUT2D eigenvalue weighted by atomic mass is 32.2. The molecule has 0 aliphatic carbocycles. The summed E-state index contributed by atoms with van der Waals surface area (Å²) in [6, 6.07) is 11.7. The van der Waals surface area contributed by atoms with Gasteiger partial charge < -0.3 is 4.74 Å². The summed E-state index contributed by atoms with van der Waals surface area (Å²) in [5, 5.41) is 4.41. The second-order valence-corrected chi connectivity index (χ2v) is 8.91. The van der Waals surface area contributed by atoms with Crippen LogP contribution in [0.5, 0.6) is 11.6 Å². The van der Waals surface area contributed by atoms with E-state index in [4.69, 9.17) is 4.74 Å². The van der Waals surface area contributed by atoms with Crippen molar-refractivity contribution in [2.75, 3.05) is 4.72 Å². The fraction of sp³-hybridized carbons (Fsp3) is 0.136. The third-order valence-electron chi connectivity index (χ3n) is 4.54. The first-order valence-electron chi connectivity index (χ1n) is 9.76. The van der Waals surface area contributed by atoms with Gasteiger partial charge in [0.1, 0.15) is 28.1 Å². The summed E-state index contributed by atoms with van der Waals surface area (Å²) in [6.07, 6.45) is 0. The summed E-state index contributed by atoms with van der Waals surface area (Å²) in [6.45, 7) is 5.52. The van der Waals surface area contributed by atoms with Gasteiger partial charge in [-0.25, -0.2) is 26.9 Å². The van der Waals surface area contributed by atoms with Gasteiger partial charge in [-0.3, -0.25) is 4.72 Å². The Hall–Kier alpha value is -3.86. The zero-order valence-corrected chi connectivity index (χ0v) is 18.7. The summed E-state index contributed by atoms with van der Waals surface area (Å²) in [7, 11) is -4.32. The number of benzene rings is 2. The molecule has 4 aromatic rings. The minimum Gasteiger partial charge on any atom is -0.439 e. The SMILES string of the molecule is Cc1cc(C)n(-c2cc(Oc3ccc(NS(=O)(=O)c4cc(F)ccc4F)cc3)nc(C)n2)n1. The normalized spacial score (nSPS) is 11.4. The maximum atomic E-state index is 13.9. The first-order chi connectivity index (χ1) is 15.6. The summed E-state index contributed by atoms with van der Waals surface area (Å²) in [5.74, 6) is -0.226. The molecular formula is C22H19F2N5O3S. The Morgan fingerprint density at radius 1 is 0.939 bits per heavy atom. The molecule has 8 nitrogen and oxygen atoms in total. The lowest BCUT2D eigenvalue weighted by molar-refractivity contribution is 0.459. The number of anilines is 1. The van der Waals surface area contributed by atoms with Gasteiger partial charge in [0.25, 0.3) is 10.0 Å². The van der Waals surface area contributed by atoms with E-state index in [1.165, 1.54) is 24.3 Å². The predicted octanol–water partition coefficient (Wildman–Crippen LogP) is 4.46. The molecule has 0 saturated carbocycles. The molecule has 33 heavy (non-hydrogen) atoms. The van der Waals surface area contributed by atoms with Gasteiger partial charge >= 0.3 is 0 Å². The van der Waals surface area contributed by atoms with Crippen molar-refractivity contribution in [2.24, 2.45) is 0 Å². The van der Waals surface area contributed by atoms with Crippen LogP contribution in [0.2, 0.25) is 0 Å². The van der Waals surface area contributed by atoms with Crippen molar-refractivity contribution in [3.63, 3.8) is 0 Å². The number of nitrogens with zero attached hydrogens (tertiary/aromatic N) is 4. The van der Waals surface area contributed by atoms with Crippen molar-refractivity contribution < 1.29 is 21.9 Å². The number of rotatable bonds is 6. The standard InChI is InChI=1S/C22H19F2N5O3S/c1-13-10-14(2)29(27-13)21-12-22(26-15(3)25-21)32-18-7-5-17(6-8-18)28-33(30,31)20-11-16(23)4-9-19(20)24/h4-12,28H,1-3H3. The topological polar surface area (TPSA) is 99.0 Å². The van der Waals surface area contributed by atoms with E-state index in [9.17, 15) is 17.2 Å². The zero-order chi connectivity index (χ0) is 23.8. The third-order valence-corrected chi connectivity index (χ3v) is 5.94. The lowest BCUT2D eigenvalue weighted by Crippen LogP contribution is -2.14. The Balaban J connectivity index is 1.54. The van der Waals surface area contributed by atoms with Gasteiger partial charge in [0, 0.05) is 17.4 Å². The predicted molar refractivity (Wildman–Crippen MR) is 117 cm³/mol. The number of aromatic nitrogens is 4. The second-order valence-electron chi connectivity index (χ2n) is 7.26. The van der Waals surface area contributed by atoms with Crippen LogP contribution in [0, 0.1) is 32.4 Å². The van der Waals surface area contributed by atoms with E-state index in [-0.39, 0.29) is 11.6 Å². The molecule has 0 bridgehead atoms. The molecule has 0 fully saturated rings. The Kier molecular flexibility index (Phi) is 5.81. The van der Waals surface area contributed by atoms with Crippen LogP contribution >= 0.6 is 0 Å². The van der Waals surface area contributed by atoms with Crippen molar-refractivity contribution in [1.29, 1.82) is 0 Å². The first-order valence-corrected chi connectivity index (χ1v) is 11.2. The molecule has 2 aromatic heterocycles. The molecule has 1 N–H and O–H groups in total. The Bertz CT molecular complexity index is 1440. The minimum absolute atomic E-state index is 0.146. The Morgan fingerprint density at radius 2 is 1.67 bits per heavy atom. The van der Waals surface area contributed by atoms with Gasteiger partial charge in [0.15, 0.2) is 5.82 Å². The summed E-state index contributed by atoms with van der Waals surface area (Å²) >= 11 is 0. The van der Waals surface area contributed by atoms with Crippen LogP contribution in [-0.2, 0) is 10.0 Å². The fourth-order valence-corrected chi connectivity index (χ4v) is 4.30. The van der Waals surface area contributed by atoms with Crippen LogP contribution in [0.4, 0.5) is 14.5 Å². The van der Waals surface area contributed by atoms with Crippen molar-refractivity contribution >= 4 is 15.7 Å². The van der Waals surface area contributed by atoms with E-state index in [1.807, 2.05) is 19.9 Å². The second kappa shape index (κ2) is 8.58. The van der Waals surface area contributed by atoms with Crippen LogP contribution < -0.4 is 9.46 Å². The molecule has 0 amide bonds. The smallest absolute Gasteiger partial charge is 0.264 e. The molecule has 2 aromatic carbocycles. The number of nitrogens with one attached hydrogen (secondary N) is 1. The number of aryl methyl sites for hydroxylation is 3. The van der Waals surface area contributed by atoms with Crippen molar-refractivity contribution in [2.45, 2.75) is 25.7 Å². The molecule has 0 unspecified atom stereocenters. The molecule has 0 aliphatic rings. The van der Waals surface area contributed by atoms with Crippen LogP contribution in [0.25, 0.3) is 5.82 Å². The molecular weight excluding hydrogens is 452 g/mol. The monoisotopic (exact) mass is 471 g/mol. The summed E-state index contributed by atoms with van der Waals surface area (Å²) < 4.78 is 61.8. The van der Waals surface area contributed by atoms with Crippen molar-refractivity contribution in [3.05, 3.63) is 83.4 Å². The van der Waals surface area contributed by atoms with E-state index in [2.05, 4.69) is 19.8 Å². The highest BCUT2D eigenvalue weighted by Crippen LogP contribution is 2.25. The number of halogens is 2. The summed E-state index contributed by atoms with van der Waals surface area (Å²) in [5.41, 5.74) is 1.90. The van der Waals surface area contributed by atoms with E-state index in [0.29, 0.717) is 23.5 Å². The lowest BCUT2D eigenvalue weighted by Gasteiger charge is -2.11. The van der Waals surface area contributed by atoms with Crippen LogP contribution in [-0.4, -0.2) is 28.2 Å². The molecule has 0 aliphatic heterocycles. The number of sulfonamides is 1. The summed E-state index contributed by atoms with van der Waals surface area (Å²) in [4.78, 5) is 7.88. The maximum absolute atomic E-state index is 13.9. The molecule has 0 atom stereocenters. The van der Waals surface area contributed by atoms with Crippen LogP contribution in [0.1, 0.15) is 17.2 Å². The van der Waals surface area contributed by atoms with Gasteiger partial charge in [-0.1, -0.05) is 0 Å². The number of hydrogen-bond acceptors (Lipinski definition) is 6. The van der Waals surface area contributed by atoms with E-state index < -0.39 is 26.6 Å². The first kappa shape index (κ1) is 22.3. The molecule has 11 heteroatoms. The van der Waals surface area contributed by atoms with E-state index in [1.54, 1.807) is 17.7 Å². The Morgan fingerprint density at radius 3 is 2.33 bits per heavy atom. The zero-order valence-electron chi connectivity index (χ0n) is 17.9. The van der Waals surface area contributed by atoms with Gasteiger partial charge in [-0.05, 0) is 69.3 Å². The highest BCUT2D eigenvalue weighted by molar-refractivity contribution is 7.92. The van der Waals surface area contributed by atoms with Crippen molar-refractivity contribution in [3.8, 4) is 17.4 Å². The molecule has 0 saturated heterocycles.